The van der Waals surface area contributed by atoms with Crippen LogP contribution in [-0.4, -0.2) is 25.1 Å². The number of carbonyl (C=O) groups is 1. The van der Waals surface area contributed by atoms with Gasteiger partial charge in [-0.2, -0.15) is 0 Å². The lowest BCUT2D eigenvalue weighted by Crippen LogP contribution is -2.27. The minimum Gasteiger partial charge on any atom is -0.497 e. The van der Waals surface area contributed by atoms with Crippen molar-refractivity contribution >= 4 is 16.8 Å². The van der Waals surface area contributed by atoms with Gasteiger partial charge in [-0.25, -0.2) is 4.98 Å². The van der Waals surface area contributed by atoms with Crippen LogP contribution in [0.5, 0.6) is 11.5 Å². The molecule has 5 nitrogen and oxygen atoms in total. The molecule has 128 valence electrons. The molecular weight excluding hydrogens is 316 g/mol. The van der Waals surface area contributed by atoms with Crippen LogP contribution in [0.2, 0.25) is 0 Å². The maximum absolute atomic E-state index is 12.6. The number of rotatable bonds is 5. The van der Waals surface area contributed by atoms with Gasteiger partial charge >= 0.3 is 0 Å². The van der Waals surface area contributed by atoms with Gasteiger partial charge in [0.2, 0.25) is 0 Å². The van der Waals surface area contributed by atoms with E-state index in [1.54, 1.807) is 20.3 Å². The molecule has 2 aromatic carbocycles. The molecule has 0 saturated heterocycles. The maximum Gasteiger partial charge on any atom is 0.270 e. The van der Waals surface area contributed by atoms with Crippen LogP contribution >= 0.6 is 0 Å². The number of nitrogens with zero attached hydrogens (tertiary/aromatic N) is 1. The van der Waals surface area contributed by atoms with E-state index in [4.69, 9.17) is 9.47 Å². The molecule has 1 heterocycles. The molecule has 0 unspecified atom stereocenters. The monoisotopic (exact) mass is 336 g/mol. The highest BCUT2D eigenvalue weighted by Crippen LogP contribution is 2.29. The smallest absolute Gasteiger partial charge is 0.270 e. The Kier molecular flexibility index (Phi) is 4.84. The highest BCUT2D eigenvalue weighted by atomic mass is 16.5. The molecule has 0 aliphatic rings. The number of amides is 1. The number of carbonyl (C=O) groups excluding carboxylic acids is 1. The standard InChI is InChI=1S/C20H20N2O3/c1-13(16-12-15(24-2)9-11-19(16)25-3)21-20(23)18-10-8-14-6-4-5-7-17(14)22-18/h4-13H,1-3H3,(H,21,23)/t13-/m1/s1. The first-order valence-electron chi connectivity index (χ1n) is 8.01. The molecule has 1 aromatic heterocycles. The van der Waals surface area contributed by atoms with Crippen LogP contribution in [0.15, 0.2) is 54.6 Å². The normalized spacial score (nSPS) is 11.8. The molecule has 0 aliphatic heterocycles. The van der Waals surface area contributed by atoms with Crippen molar-refractivity contribution in [3.8, 4) is 11.5 Å². The van der Waals surface area contributed by atoms with Crippen LogP contribution in [0.1, 0.15) is 29.0 Å². The molecule has 0 fully saturated rings. The van der Waals surface area contributed by atoms with Crippen molar-refractivity contribution in [2.75, 3.05) is 14.2 Å². The van der Waals surface area contributed by atoms with Crippen LogP contribution in [0.3, 0.4) is 0 Å². The van der Waals surface area contributed by atoms with Crippen molar-refractivity contribution in [1.82, 2.24) is 10.3 Å². The summed E-state index contributed by atoms with van der Waals surface area (Å²) in [6, 6.07) is 16.6. The van der Waals surface area contributed by atoms with Crippen molar-refractivity contribution in [3.63, 3.8) is 0 Å². The summed E-state index contributed by atoms with van der Waals surface area (Å²) in [5.41, 5.74) is 2.02. The third-order valence-corrected chi connectivity index (χ3v) is 4.08. The lowest BCUT2D eigenvalue weighted by atomic mass is 10.1. The Morgan fingerprint density at radius 2 is 1.84 bits per heavy atom. The molecule has 1 N–H and O–H groups in total. The Labute approximate surface area is 146 Å². The third-order valence-electron chi connectivity index (χ3n) is 4.08. The van der Waals surface area contributed by atoms with Crippen LogP contribution in [0, 0.1) is 0 Å². The number of ether oxygens (including phenoxy) is 2. The predicted octanol–water partition coefficient (Wildman–Crippen LogP) is 3.74. The minimum atomic E-state index is -0.258. The van der Waals surface area contributed by atoms with E-state index in [2.05, 4.69) is 10.3 Å². The average Bonchev–Trinajstić information content (AvgIpc) is 2.66. The molecule has 0 aliphatic carbocycles. The second-order valence-corrected chi connectivity index (χ2v) is 5.69. The van der Waals surface area contributed by atoms with Crippen molar-refractivity contribution in [2.24, 2.45) is 0 Å². The van der Waals surface area contributed by atoms with Gasteiger partial charge in [0.25, 0.3) is 5.91 Å². The van der Waals surface area contributed by atoms with Crippen LogP contribution in [0.25, 0.3) is 10.9 Å². The zero-order chi connectivity index (χ0) is 17.8. The van der Waals surface area contributed by atoms with E-state index in [1.807, 2.05) is 55.5 Å². The van der Waals surface area contributed by atoms with Gasteiger partial charge in [-0.15, -0.1) is 0 Å². The molecule has 0 bridgehead atoms. The predicted molar refractivity (Wildman–Crippen MR) is 97.2 cm³/mol. The third kappa shape index (κ3) is 3.55. The molecule has 25 heavy (non-hydrogen) atoms. The van der Waals surface area contributed by atoms with Crippen LogP contribution in [0.4, 0.5) is 0 Å². The average molecular weight is 336 g/mol. The van der Waals surface area contributed by atoms with E-state index in [-0.39, 0.29) is 11.9 Å². The van der Waals surface area contributed by atoms with E-state index in [0.717, 1.165) is 16.5 Å². The largest absolute Gasteiger partial charge is 0.497 e. The summed E-state index contributed by atoms with van der Waals surface area (Å²) in [7, 11) is 3.21. The van der Waals surface area contributed by atoms with Crippen molar-refractivity contribution < 1.29 is 14.3 Å². The molecule has 0 saturated carbocycles. The van der Waals surface area contributed by atoms with E-state index in [0.29, 0.717) is 17.2 Å². The fourth-order valence-corrected chi connectivity index (χ4v) is 2.72. The molecule has 5 heteroatoms. The van der Waals surface area contributed by atoms with E-state index in [9.17, 15) is 4.79 Å². The first-order chi connectivity index (χ1) is 12.1. The number of pyridine rings is 1. The Morgan fingerprint density at radius 1 is 1.04 bits per heavy atom. The lowest BCUT2D eigenvalue weighted by molar-refractivity contribution is 0.0934. The summed E-state index contributed by atoms with van der Waals surface area (Å²) in [6.07, 6.45) is 0. The number of fused-ring (bicyclic) bond motifs is 1. The van der Waals surface area contributed by atoms with Gasteiger partial charge in [0, 0.05) is 10.9 Å². The Morgan fingerprint density at radius 3 is 2.60 bits per heavy atom. The Bertz CT molecular complexity index is 908. The molecule has 0 radical (unpaired) electrons. The van der Waals surface area contributed by atoms with Crippen molar-refractivity contribution in [3.05, 3.63) is 65.9 Å². The summed E-state index contributed by atoms with van der Waals surface area (Å²) < 4.78 is 10.7. The highest BCUT2D eigenvalue weighted by Gasteiger charge is 2.17. The summed E-state index contributed by atoms with van der Waals surface area (Å²) in [5, 5.41) is 3.97. The number of hydrogen-bond acceptors (Lipinski definition) is 4. The second-order valence-electron chi connectivity index (χ2n) is 5.69. The van der Waals surface area contributed by atoms with Crippen LogP contribution in [-0.2, 0) is 0 Å². The number of hydrogen-bond donors (Lipinski definition) is 1. The fraction of sp³-hybridized carbons (Fsp3) is 0.200. The zero-order valence-corrected chi connectivity index (χ0v) is 14.4. The van der Waals surface area contributed by atoms with Crippen LogP contribution < -0.4 is 14.8 Å². The zero-order valence-electron chi connectivity index (χ0n) is 14.4. The summed E-state index contributed by atoms with van der Waals surface area (Å²) >= 11 is 0. The number of nitrogens with one attached hydrogen (secondary N) is 1. The van der Waals surface area contributed by atoms with Gasteiger partial charge in [-0.1, -0.05) is 24.3 Å². The molecule has 1 amide bonds. The summed E-state index contributed by atoms with van der Waals surface area (Å²) in [5.74, 6) is 1.17. The van der Waals surface area contributed by atoms with Crippen molar-refractivity contribution in [2.45, 2.75) is 13.0 Å². The molecule has 3 rings (SSSR count). The molecule has 1 atom stereocenters. The first kappa shape index (κ1) is 16.8. The Hall–Kier alpha value is -3.08. The quantitative estimate of drug-likeness (QED) is 0.771. The van der Waals surface area contributed by atoms with E-state index < -0.39 is 0 Å². The van der Waals surface area contributed by atoms with Crippen molar-refractivity contribution in [1.29, 1.82) is 0 Å². The molecule has 0 spiro atoms. The van der Waals surface area contributed by atoms with E-state index >= 15 is 0 Å². The van der Waals surface area contributed by atoms with Gasteiger partial charge in [-0.3, -0.25) is 4.79 Å². The van der Waals surface area contributed by atoms with Gasteiger partial charge in [-0.05, 0) is 37.3 Å². The number of methoxy groups -OCH3 is 2. The first-order valence-corrected chi connectivity index (χ1v) is 8.01. The van der Waals surface area contributed by atoms with Gasteiger partial charge in [0.15, 0.2) is 0 Å². The topological polar surface area (TPSA) is 60.5 Å². The van der Waals surface area contributed by atoms with Gasteiger partial charge in [0.1, 0.15) is 17.2 Å². The van der Waals surface area contributed by atoms with Gasteiger partial charge < -0.3 is 14.8 Å². The molecule has 3 aromatic rings. The fourth-order valence-electron chi connectivity index (χ4n) is 2.72. The van der Waals surface area contributed by atoms with E-state index in [1.165, 1.54) is 0 Å². The number of benzene rings is 2. The Balaban J connectivity index is 1.84. The lowest BCUT2D eigenvalue weighted by Gasteiger charge is -2.18. The SMILES string of the molecule is COc1ccc(OC)c([C@@H](C)NC(=O)c2ccc3ccccc3n2)c1. The maximum atomic E-state index is 12.6. The summed E-state index contributed by atoms with van der Waals surface area (Å²) in [4.78, 5) is 17.0. The summed E-state index contributed by atoms with van der Waals surface area (Å²) in [6.45, 7) is 1.90. The second kappa shape index (κ2) is 7.21. The molecular formula is C20H20N2O3. The minimum absolute atomic E-state index is 0.233. The number of aromatic nitrogens is 1. The highest BCUT2D eigenvalue weighted by molar-refractivity contribution is 5.95. The number of para-hydroxylation sites is 1. The van der Waals surface area contributed by atoms with Gasteiger partial charge in [0.05, 0.1) is 25.8 Å².